The summed E-state index contributed by atoms with van der Waals surface area (Å²) in [4.78, 5) is 12.3. The maximum absolute atomic E-state index is 12.3. The van der Waals surface area contributed by atoms with Crippen molar-refractivity contribution in [3.05, 3.63) is 35.9 Å². The van der Waals surface area contributed by atoms with E-state index in [0.717, 1.165) is 25.8 Å². The van der Waals surface area contributed by atoms with Crippen LogP contribution in [0.2, 0.25) is 0 Å². The Morgan fingerprint density at radius 2 is 2.04 bits per heavy atom. The summed E-state index contributed by atoms with van der Waals surface area (Å²) in [6, 6.07) is 10.8. The summed E-state index contributed by atoms with van der Waals surface area (Å²) in [5.41, 5.74) is 1.33. The van der Waals surface area contributed by atoms with E-state index >= 15 is 0 Å². The average molecular weight is 316 g/mol. The highest BCUT2D eigenvalue weighted by atomic mass is 16.5. The number of benzene rings is 1. The van der Waals surface area contributed by atoms with Gasteiger partial charge in [0.15, 0.2) is 0 Å². The van der Waals surface area contributed by atoms with Crippen LogP contribution < -0.4 is 10.6 Å². The molecule has 1 aliphatic carbocycles. The van der Waals surface area contributed by atoms with E-state index in [0.29, 0.717) is 19.3 Å². The molecule has 0 aromatic heterocycles. The van der Waals surface area contributed by atoms with Crippen molar-refractivity contribution in [2.45, 2.75) is 50.6 Å². The number of carbonyl (C=O) groups excluding carboxylic acids is 1. The van der Waals surface area contributed by atoms with E-state index in [1.807, 2.05) is 6.07 Å². The number of rotatable bonds is 6. The summed E-state index contributed by atoms with van der Waals surface area (Å²) in [5.74, 6) is 0.197. The summed E-state index contributed by atoms with van der Waals surface area (Å²) in [5, 5.41) is 6.99. The zero-order valence-electron chi connectivity index (χ0n) is 14.0. The lowest BCUT2D eigenvalue weighted by atomic mass is 9.94. The fourth-order valence-corrected chi connectivity index (χ4v) is 3.85. The summed E-state index contributed by atoms with van der Waals surface area (Å²) in [6.07, 6.45) is 5.58. The van der Waals surface area contributed by atoms with E-state index in [4.69, 9.17) is 4.74 Å². The molecule has 1 aromatic carbocycles. The minimum atomic E-state index is 0.0321. The molecule has 2 N–H and O–H groups in total. The van der Waals surface area contributed by atoms with Crippen LogP contribution in [0.3, 0.4) is 0 Å². The minimum Gasteiger partial charge on any atom is -0.381 e. The maximum Gasteiger partial charge on any atom is 0.225 e. The van der Waals surface area contributed by atoms with Crippen molar-refractivity contribution in [2.24, 2.45) is 5.92 Å². The molecule has 2 fully saturated rings. The summed E-state index contributed by atoms with van der Waals surface area (Å²) < 4.78 is 5.32. The van der Waals surface area contributed by atoms with Gasteiger partial charge in [-0.3, -0.25) is 4.79 Å². The number of amides is 1. The third-order valence-corrected chi connectivity index (χ3v) is 5.28. The molecule has 1 aromatic rings. The molecule has 2 atom stereocenters. The fraction of sp³-hybridized carbons (Fsp3) is 0.632. The molecule has 1 saturated heterocycles. The second-order valence-corrected chi connectivity index (χ2v) is 7.04. The van der Waals surface area contributed by atoms with E-state index in [1.54, 1.807) is 0 Å². The van der Waals surface area contributed by atoms with Gasteiger partial charge in [0.05, 0.1) is 12.5 Å². The summed E-state index contributed by atoms with van der Waals surface area (Å²) >= 11 is 0. The smallest absolute Gasteiger partial charge is 0.225 e. The lowest BCUT2D eigenvalue weighted by Crippen LogP contribution is -2.53. The minimum absolute atomic E-state index is 0.0321. The second-order valence-electron chi connectivity index (χ2n) is 7.04. The number of hydrogen-bond donors (Lipinski definition) is 2. The summed E-state index contributed by atoms with van der Waals surface area (Å²) in [6.45, 7) is 4.22. The Hall–Kier alpha value is -1.39. The molecule has 0 radical (unpaired) electrons. The molecule has 2 aliphatic rings. The van der Waals surface area contributed by atoms with Gasteiger partial charge in [-0.2, -0.15) is 0 Å². The monoisotopic (exact) mass is 316 g/mol. The number of nitrogens with one attached hydrogen (secondary N) is 2. The zero-order valence-corrected chi connectivity index (χ0v) is 14.0. The van der Waals surface area contributed by atoms with Gasteiger partial charge in [-0.05, 0) is 31.7 Å². The largest absolute Gasteiger partial charge is 0.381 e. The lowest BCUT2D eigenvalue weighted by molar-refractivity contribution is -0.125. The third kappa shape index (κ3) is 4.12. The first-order valence-corrected chi connectivity index (χ1v) is 8.87. The van der Waals surface area contributed by atoms with Crippen LogP contribution in [0.15, 0.2) is 30.3 Å². The number of carbonyl (C=O) groups is 1. The topological polar surface area (TPSA) is 50.4 Å². The predicted molar refractivity (Wildman–Crippen MR) is 91.1 cm³/mol. The molecular weight excluding hydrogens is 288 g/mol. The lowest BCUT2D eigenvalue weighted by Gasteiger charge is -2.34. The molecule has 1 heterocycles. The van der Waals surface area contributed by atoms with Crippen molar-refractivity contribution in [1.82, 2.24) is 10.6 Å². The Kier molecular flexibility index (Phi) is 5.34. The SMILES string of the molecule is C[C@@H](NC1(CNC(=O)[C@@H]2CCOC2)CCCC1)c1ccccc1. The Morgan fingerprint density at radius 3 is 2.70 bits per heavy atom. The number of ether oxygens (including phenoxy) is 1. The van der Waals surface area contributed by atoms with Crippen molar-refractivity contribution in [2.75, 3.05) is 19.8 Å². The highest BCUT2D eigenvalue weighted by Crippen LogP contribution is 2.32. The van der Waals surface area contributed by atoms with Gasteiger partial charge in [-0.25, -0.2) is 0 Å². The standard InChI is InChI=1S/C19H28N2O2/c1-15(16-7-3-2-4-8-16)21-19(10-5-6-11-19)14-20-18(22)17-9-12-23-13-17/h2-4,7-8,15,17,21H,5-6,9-14H2,1H3,(H,20,22)/t15-,17-/m1/s1. The van der Waals surface area contributed by atoms with Crippen LogP contribution in [0, 0.1) is 5.92 Å². The van der Waals surface area contributed by atoms with Gasteiger partial charge in [-0.1, -0.05) is 43.2 Å². The third-order valence-electron chi connectivity index (χ3n) is 5.28. The molecule has 0 unspecified atom stereocenters. The molecule has 1 amide bonds. The molecule has 4 nitrogen and oxygen atoms in total. The quantitative estimate of drug-likeness (QED) is 0.848. The molecule has 0 spiro atoms. The van der Waals surface area contributed by atoms with Crippen molar-refractivity contribution >= 4 is 5.91 Å². The van der Waals surface area contributed by atoms with E-state index in [2.05, 4.69) is 41.8 Å². The first-order chi connectivity index (χ1) is 11.2. The molecule has 126 valence electrons. The Bertz CT molecular complexity index is 505. The van der Waals surface area contributed by atoms with E-state index < -0.39 is 0 Å². The molecular formula is C19H28N2O2. The molecule has 1 saturated carbocycles. The fourth-order valence-electron chi connectivity index (χ4n) is 3.85. The van der Waals surface area contributed by atoms with Crippen LogP contribution in [0.1, 0.15) is 50.6 Å². The molecule has 1 aliphatic heterocycles. The van der Waals surface area contributed by atoms with E-state index in [1.165, 1.54) is 18.4 Å². The number of hydrogen-bond acceptors (Lipinski definition) is 3. The Morgan fingerprint density at radius 1 is 1.30 bits per heavy atom. The molecule has 4 heteroatoms. The zero-order chi connectivity index (χ0) is 16.1. The van der Waals surface area contributed by atoms with Gasteiger partial charge >= 0.3 is 0 Å². The normalized spacial score (nSPS) is 24.5. The van der Waals surface area contributed by atoms with Crippen LogP contribution in [0.4, 0.5) is 0 Å². The van der Waals surface area contributed by atoms with Gasteiger partial charge in [0.2, 0.25) is 5.91 Å². The van der Waals surface area contributed by atoms with E-state index in [9.17, 15) is 4.79 Å². The first kappa shape index (κ1) is 16.5. The van der Waals surface area contributed by atoms with Gasteiger partial charge < -0.3 is 15.4 Å². The first-order valence-electron chi connectivity index (χ1n) is 8.87. The van der Waals surface area contributed by atoms with Crippen molar-refractivity contribution in [3.63, 3.8) is 0 Å². The molecule has 3 rings (SSSR count). The van der Waals surface area contributed by atoms with Crippen LogP contribution >= 0.6 is 0 Å². The van der Waals surface area contributed by atoms with Crippen LogP contribution in [-0.4, -0.2) is 31.2 Å². The van der Waals surface area contributed by atoms with Crippen LogP contribution in [0.5, 0.6) is 0 Å². The maximum atomic E-state index is 12.3. The average Bonchev–Trinajstić information content (AvgIpc) is 3.26. The van der Waals surface area contributed by atoms with Crippen molar-refractivity contribution in [1.29, 1.82) is 0 Å². The van der Waals surface area contributed by atoms with Crippen LogP contribution in [-0.2, 0) is 9.53 Å². The predicted octanol–water partition coefficient (Wildman–Crippen LogP) is 2.80. The van der Waals surface area contributed by atoms with Crippen LogP contribution in [0.25, 0.3) is 0 Å². The van der Waals surface area contributed by atoms with Gasteiger partial charge in [0, 0.05) is 24.7 Å². The molecule has 0 bridgehead atoms. The summed E-state index contributed by atoms with van der Waals surface area (Å²) in [7, 11) is 0. The Balaban J connectivity index is 1.59. The second kappa shape index (κ2) is 7.45. The van der Waals surface area contributed by atoms with E-state index in [-0.39, 0.29) is 17.4 Å². The van der Waals surface area contributed by atoms with Gasteiger partial charge in [0.1, 0.15) is 0 Å². The highest BCUT2D eigenvalue weighted by Gasteiger charge is 2.36. The van der Waals surface area contributed by atoms with Gasteiger partial charge in [0.25, 0.3) is 0 Å². The Labute approximate surface area is 139 Å². The highest BCUT2D eigenvalue weighted by molar-refractivity contribution is 5.79. The van der Waals surface area contributed by atoms with Gasteiger partial charge in [-0.15, -0.1) is 0 Å². The van der Waals surface area contributed by atoms with Crippen molar-refractivity contribution < 1.29 is 9.53 Å². The molecule has 23 heavy (non-hydrogen) atoms. The van der Waals surface area contributed by atoms with Crippen molar-refractivity contribution in [3.8, 4) is 0 Å².